The summed E-state index contributed by atoms with van der Waals surface area (Å²) < 4.78 is 27.9. The molecule has 1 aromatic rings. The summed E-state index contributed by atoms with van der Waals surface area (Å²) in [6, 6.07) is 6.60. The molecule has 0 spiro atoms. The third kappa shape index (κ3) is 4.18. The fourth-order valence-corrected chi connectivity index (χ4v) is 5.51. The minimum absolute atomic E-state index is 0.00143. The molecular weight excluding hydrogens is 324 g/mol. The SMILES string of the molecule is CCSC1CCC(NS(=O)(=O)c2ccccc2C(N)=S)C1. The molecule has 2 atom stereocenters. The third-order valence-corrected chi connectivity index (χ3v) is 6.58. The normalized spacial score (nSPS) is 22.3. The highest BCUT2D eigenvalue weighted by Crippen LogP contribution is 2.30. The van der Waals surface area contributed by atoms with Gasteiger partial charge in [-0.05, 0) is 31.1 Å². The van der Waals surface area contributed by atoms with Gasteiger partial charge in [-0.15, -0.1) is 0 Å². The van der Waals surface area contributed by atoms with Crippen LogP contribution in [0.5, 0.6) is 0 Å². The molecule has 1 saturated carbocycles. The van der Waals surface area contributed by atoms with Crippen LogP contribution in [0.25, 0.3) is 0 Å². The first kappa shape index (κ1) is 16.7. The topological polar surface area (TPSA) is 72.2 Å². The summed E-state index contributed by atoms with van der Waals surface area (Å²) in [4.78, 5) is 0.269. The van der Waals surface area contributed by atoms with E-state index >= 15 is 0 Å². The average Bonchev–Trinajstić information content (AvgIpc) is 2.86. The minimum Gasteiger partial charge on any atom is -0.389 e. The molecule has 3 N–H and O–H groups in total. The van der Waals surface area contributed by atoms with Crippen molar-refractivity contribution in [1.29, 1.82) is 0 Å². The van der Waals surface area contributed by atoms with E-state index in [0.717, 1.165) is 25.0 Å². The van der Waals surface area contributed by atoms with E-state index in [9.17, 15) is 8.42 Å². The predicted molar refractivity (Wildman–Crippen MR) is 92.2 cm³/mol. The van der Waals surface area contributed by atoms with Crippen molar-refractivity contribution in [2.45, 2.75) is 42.4 Å². The van der Waals surface area contributed by atoms with Gasteiger partial charge in [-0.1, -0.05) is 37.3 Å². The maximum atomic E-state index is 12.5. The highest BCUT2D eigenvalue weighted by molar-refractivity contribution is 7.99. The fraction of sp³-hybridized carbons (Fsp3) is 0.500. The molecule has 4 nitrogen and oxygen atoms in total. The van der Waals surface area contributed by atoms with Crippen LogP contribution in [0.1, 0.15) is 31.7 Å². The summed E-state index contributed by atoms with van der Waals surface area (Å²) in [5.41, 5.74) is 6.02. The van der Waals surface area contributed by atoms with Crippen molar-refractivity contribution in [2.75, 3.05) is 5.75 Å². The lowest BCUT2D eigenvalue weighted by Crippen LogP contribution is -2.34. The van der Waals surface area contributed by atoms with Gasteiger partial charge in [0.05, 0.1) is 4.90 Å². The molecule has 1 fully saturated rings. The molecule has 0 heterocycles. The Bertz CT molecular complexity index is 616. The zero-order valence-corrected chi connectivity index (χ0v) is 14.4. The molecule has 0 radical (unpaired) electrons. The Kier molecular flexibility index (Phi) is 5.65. The summed E-state index contributed by atoms with van der Waals surface area (Å²) >= 11 is 6.83. The smallest absolute Gasteiger partial charge is 0.241 e. The second-order valence-corrected chi connectivity index (χ2v) is 8.77. The fourth-order valence-electron chi connectivity index (χ4n) is 2.62. The van der Waals surface area contributed by atoms with Crippen LogP contribution in [-0.2, 0) is 10.0 Å². The molecular formula is C14H20N2O2S3. The zero-order chi connectivity index (χ0) is 15.5. The number of nitrogens with two attached hydrogens (primary N) is 1. The standard InChI is InChI=1S/C14H20N2O2S3/c1-2-20-11-8-7-10(9-11)16-21(17,18)13-6-4-3-5-12(13)14(15)19/h3-6,10-11,16H,2,7-9H2,1H3,(H2,15,19). The molecule has 0 amide bonds. The number of benzene rings is 1. The molecule has 1 aliphatic rings. The van der Waals surface area contributed by atoms with E-state index in [1.165, 1.54) is 0 Å². The van der Waals surface area contributed by atoms with E-state index in [1.54, 1.807) is 24.3 Å². The molecule has 1 aliphatic carbocycles. The second-order valence-electron chi connectivity index (χ2n) is 5.07. The van der Waals surface area contributed by atoms with Crippen molar-refractivity contribution in [3.8, 4) is 0 Å². The van der Waals surface area contributed by atoms with Gasteiger partial charge in [-0.25, -0.2) is 13.1 Å². The minimum atomic E-state index is -3.58. The number of rotatable bonds is 6. The van der Waals surface area contributed by atoms with Gasteiger partial charge in [0.25, 0.3) is 0 Å². The first-order chi connectivity index (χ1) is 9.94. The van der Waals surface area contributed by atoms with Gasteiger partial charge in [-0.3, -0.25) is 0 Å². The number of thioether (sulfide) groups is 1. The molecule has 2 unspecified atom stereocenters. The summed E-state index contributed by atoms with van der Waals surface area (Å²) in [5.74, 6) is 1.06. The number of thiocarbonyl (C=S) groups is 1. The van der Waals surface area contributed by atoms with Crippen LogP contribution in [-0.4, -0.2) is 30.5 Å². The Morgan fingerprint density at radius 1 is 1.43 bits per heavy atom. The summed E-state index contributed by atoms with van der Waals surface area (Å²) in [6.07, 6.45) is 2.82. The van der Waals surface area contributed by atoms with Crippen LogP contribution in [0.3, 0.4) is 0 Å². The maximum Gasteiger partial charge on any atom is 0.241 e. The van der Waals surface area contributed by atoms with E-state index in [1.807, 2.05) is 11.8 Å². The third-order valence-electron chi connectivity index (χ3n) is 3.55. The quantitative estimate of drug-likeness (QED) is 0.775. The van der Waals surface area contributed by atoms with E-state index in [0.29, 0.717) is 10.8 Å². The summed E-state index contributed by atoms with van der Waals surface area (Å²) in [5, 5.41) is 0.550. The molecule has 0 saturated heterocycles. The Balaban J connectivity index is 2.15. The van der Waals surface area contributed by atoms with Crippen LogP contribution in [0.15, 0.2) is 29.2 Å². The number of hydrogen-bond acceptors (Lipinski definition) is 4. The van der Waals surface area contributed by atoms with Gasteiger partial charge in [0.1, 0.15) is 4.99 Å². The van der Waals surface area contributed by atoms with Crippen molar-refractivity contribution < 1.29 is 8.42 Å². The van der Waals surface area contributed by atoms with Crippen LogP contribution in [0.4, 0.5) is 0 Å². The molecule has 21 heavy (non-hydrogen) atoms. The van der Waals surface area contributed by atoms with E-state index < -0.39 is 10.0 Å². The first-order valence-corrected chi connectivity index (χ1v) is 9.91. The van der Waals surface area contributed by atoms with E-state index in [-0.39, 0.29) is 15.9 Å². The second kappa shape index (κ2) is 7.09. The highest BCUT2D eigenvalue weighted by Gasteiger charge is 2.29. The number of sulfonamides is 1. The summed E-state index contributed by atoms with van der Waals surface area (Å²) in [6.45, 7) is 2.13. The first-order valence-electron chi connectivity index (χ1n) is 6.96. The average molecular weight is 345 g/mol. The van der Waals surface area contributed by atoms with E-state index in [4.69, 9.17) is 18.0 Å². The van der Waals surface area contributed by atoms with Crippen LogP contribution in [0.2, 0.25) is 0 Å². The molecule has 116 valence electrons. The van der Waals surface area contributed by atoms with Crippen molar-refractivity contribution in [2.24, 2.45) is 5.73 Å². The predicted octanol–water partition coefficient (Wildman–Crippen LogP) is 2.27. The molecule has 0 aromatic heterocycles. The molecule has 0 aliphatic heterocycles. The van der Waals surface area contributed by atoms with Gasteiger partial charge in [-0.2, -0.15) is 11.8 Å². The van der Waals surface area contributed by atoms with Gasteiger partial charge in [0.2, 0.25) is 10.0 Å². The monoisotopic (exact) mass is 344 g/mol. The lowest BCUT2D eigenvalue weighted by Gasteiger charge is -2.15. The Hall–Kier alpha value is -0.630. The molecule has 1 aromatic carbocycles. The molecule has 0 bridgehead atoms. The molecule has 7 heteroatoms. The highest BCUT2D eigenvalue weighted by atomic mass is 32.2. The van der Waals surface area contributed by atoms with Gasteiger partial charge < -0.3 is 5.73 Å². The Morgan fingerprint density at radius 2 is 2.14 bits per heavy atom. The number of hydrogen-bond donors (Lipinski definition) is 2. The van der Waals surface area contributed by atoms with Crippen molar-refractivity contribution in [3.63, 3.8) is 0 Å². The van der Waals surface area contributed by atoms with Crippen LogP contribution in [0, 0.1) is 0 Å². The van der Waals surface area contributed by atoms with Crippen LogP contribution < -0.4 is 10.5 Å². The lowest BCUT2D eigenvalue weighted by molar-refractivity contribution is 0.552. The Morgan fingerprint density at radius 3 is 2.81 bits per heavy atom. The van der Waals surface area contributed by atoms with E-state index in [2.05, 4.69) is 11.6 Å². The van der Waals surface area contributed by atoms with Gasteiger partial charge in [0.15, 0.2) is 0 Å². The van der Waals surface area contributed by atoms with Gasteiger partial charge >= 0.3 is 0 Å². The number of nitrogens with one attached hydrogen (secondary N) is 1. The molecule has 2 rings (SSSR count). The summed E-state index contributed by atoms with van der Waals surface area (Å²) in [7, 11) is -3.58. The van der Waals surface area contributed by atoms with Crippen molar-refractivity contribution >= 4 is 39.0 Å². The van der Waals surface area contributed by atoms with Gasteiger partial charge in [0, 0.05) is 16.9 Å². The lowest BCUT2D eigenvalue weighted by atomic mass is 10.2. The maximum absolute atomic E-state index is 12.5. The van der Waals surface area contributed by atoms with Crippen molar-refractivity contribution in [3.05, 3.63) is 29.8 Å². The Labute approximate surface area is 135 Å². The largest absolute Gasteiger partial charge is 0.389 e. The van der Waals surface area contributed by atoms with Crippen LogP contribution >= 0.6 is 24.0 Å². The zero-order valence-electron chi connectivity index (χ0n) is 11.9. The van der Waals surface area contributed by atoms with Crippen molar-refractivity contribution in [1.82, 2.24) is 4.72 Å².